The third kappa shape index (κ3) is 22.9. The van der Waals surface area contributed by atoms with E-state index in [1.54, 1.807) is 0 Å². The number of carbonyl (C=O) groups is 4. The van der Waals surface area contributed by atoms with Crippen LogP contribution in [0.15, 0.2) is 24.3 Å². The number of carbonyl (C=O) groups excluding carboxylic acids is 4. The summed E-state index contributed by atoms with van der Waals surface area (Å²) in [7, 11) is 4.54. The molecule has 14 nitrogen and oxygen atoms in total. The number of esters is 4. The lowest BCUT2D eigenvalue weighted by Gasteiger charge is -2.59. The second-order valence-electron chi connectivity index (χ2n) is 39.6. The van der Waals surface area contributed by atoms with Gasteiger partial charge in [-0.15, -0.1) is 0 Å². The Hall–Kier alpha value is -4.24. The molecule has 0 saturated carbocycles. The SMILES string of the molecule is CC1(C)CC(C(CCCOC(=O)CC(=O)OCc2cc(C(C)(C)C)c(O)c(C(C)(C)C)c2)C2CC(C)(C)NC(C)(C)C2)CC(C)(C)N1.CN1C(C)(C)CC(C(CCCOC(=O)CC(=O)OCc2cc(C(C)(C)C)c(O)c(C(C)(C)C)c2)C2CC(C)(C)N(C)C(C)(C)C2)CC1(C)C. The van der Waals surface area contributed by atoms with Gasteiger partial charge in [-0.2, -0.15) is 0 Å². The molecule has 4 heterocycles. The number of phenolic OH excluding ortho intramolecular Hbond substituents is 2. The van der Waals surface area contributed by atoms with Gasteiger partial charge in [-0.05, 0) is 317 Å². The lowest BCUT2D eigenvalue weighted by molar-refractivity contribution is -0.157. The molecule has 96 heavy (non-hydrogen) atoms. The first-order chi connectivity index (χ1) is 43.3. The van der Waals surface area contributed by atoms with Crippen molar-refractivity contribution >= 4 is 23.9 Å². The number of hydrogen-bond acceptors (Lipinski definition) is 14. The number of aromatic hydroxyl groups is 2. The highest BCUT2D eigenvalue weighted by atomic mass is 16.6. The Morgan fingerprint density at radius 1 is 0.406 bits per heavy atom. The highest BCUT2D eigenvalue weighted by Gasteiger charge is 2.51. The van der Waals surface area contributed by atoms with Crippen LogP contribution in [0.3, 0.4) is 0 Å². The van der Waals surface area contributed by atoms with Crippen LogP contribution in [-0.2, 0) is 73.0 Å². The van der Waals surface area contributed by atoms with E-state index in [2.05, 4.69) is 145 Å². The number of rotatable bonds is 20. The van der Waals surface area contributed by atoms with Gasteiger partial charge in [0.2, 0.25) is 0 Å². The standard InChI is InChI=1S/C42H72N2O5.C40H68N2O5/c1-37(2,3)32-20-28(21-33(36(32)47)38(4,5)6)27-49-35(46)22-34(45)48-19-17-18-31(29-23-39(7,8)43(15)40(9,10)24-29)30-25-41(11,12)44(16)42(13,14)26-30;1-35(2,3)30-18-26(19-31(34(30)45)36(4,5)6)25-47-33(44)20-32(43)46-17-15-16-29(27-21-37(7,8)41-38(9,10)22-27)28-23-39(11,12)42-40(13,14)24-28/h20-21,29-31,47H,17-19,22-27H2,1-16H3;18-19,27-29,41-42,45H,15-17,20-25H2,1-14H3. The Labute approximate surface area is 584 Å². The molecule has 548 valence electrons. The zero-order valence-corrected chi connectivity index (χ0v) is 66.6. The monoisotopic (exact) mass is 1340 g/mol. The molecule has 0 amide bonds. The summed E-state index contributed by atoms with van der Waals surface area (Å²) in [5.74, 6) is 1.68. The summed E-state index contributed by atoms with van der Waals surface area (Å²) < 4.78 is 22.3. The Morgan fingerprint density at radius 2 is 0.625 bits per heavy atom. The van der Waals surface area contributed by atoms with Crippen molar-refractivity contribution in [2.45, 2.75) is 363 Å². The van der Waals surface area contributed by atoms with Crippen molar-refractivity contribution in [1.82, 2.24) is 20.4 Å². The van der Waals surface area contributed by atoms with Crippen LogP contribution in [0, 0.1) is 35.5 Å². The molecule has 4 fully saturated rings. The van der Waals surface area contributed by atoms with Gasteiger partial charge < -0.3 is 39.8 Å². The van der Waals surface area contributed by atoms with Gasteiger partial charge in [0, 0.05) is 44.3 Å². The van der Waals surface area contributed by atoms with Crippen LogP contribution in [0.4, 0.5) is 0 Å². The van der Waals surface area contributed by atoms with E-state index >= 15 is 0 Å². The minimum absolute atomic E-state index is 0.0338. The smallest absolute Gasteiger partial charge is 0.317 e. The van der Waals surface area contributed by atoms with Crippen molar-refractivity contribution in [2.24, 2.45) is 35.5 Å². The summed E-state index contributed by atoms with van der Waals surface area (Å²) in [6.07, 6.45) is 11.9. The van der Waals surface area contributed by atoms with Gasteiger partial charge in [0.15, 0.2) is 0 Å². The van der Waals surface area contributed by atoms with E-state index in [0.717, 1.165) is 110 Å². The van der Waals surface area contributed by atoms with Gasteiger partial charge in [0.1, 0.15) is 37.6 Å². The summed E-state index contributed by atoms with van der Waals surface area (Å²) in [6, 6.07) is 7.57. The van der Waals surface area contributed by atoms with Crippen molar-refractivity contribution in [3.63, 3.8) is 0 Å². The summed E-state index contributed by atoms with van der Waals surface area (Å²) >= 11 is 0. The van der Waals surface area contributed by atoms with Gasteiger partial charge >= 0.3 is 23.9 Å². The second kappa shape index (κ2) is 30.1. The Bertz CT molecular complexity index is 2770. The fourth-order valence-corrected chi connectivity index (χ4v) is 18.2. The highest BCUT2D eigenvalue weighted by molar-refractivity contribution is 5.91. The van der Waals surface area contributed by atoms with E-state index in [4.69, 9.17) is 18.9 Å². The van der Waals surface area contributed by atoms with Crippen LogP contribution in [0.5, 0.6) is 11.5 Å². The summed E-state index contributed by atoms with van der Waals surface area (Å²) in [6.45, 7) is 62.9. The second-order valence-corrected chi connectivity index (χ2v) is 39.6. The van der Waals surface area contributed by atoms with Crippen molar-refractivity contribution in [3.05, 3.63) is 57.6 Å². The van der Waals surface area contributed by atoms with Crippen LogP contribution in [0.1, 0.15) is 317 Å². The Balaban J connectivity index is 0.000000348. The number of phenols is 2. The van der Waals surface area contributed by atoms with E-state index < -0.39 is 36.7 Å². The van der Waals surface area contributed by atoms with Crippen molar-refractivity contribution < 1.29 is 48.3 Å². The molecule has 0 aromatic heterocycles. The number of likely N-dealkylation sites (tertiary alicyclic amines) is 2. The largest absolute Gasteiger partial charge is 0.507 e. The van der Waals surface area contributed by atoms with Crippen molar-refractivity contribution in [1.29, 1.82) is 0 Å². The summed E-state index contributed by atoms with van der Waals surface area (Å²) in [5.41, 5.74) is 4.38. The molecule has 0 spiro atoms. The maximum atomic E-state index is 12.8. The zero-order chi connectivity index (χ0) is 73.3. The molecule has 2 aromatic rings. The summed E-state index contributed by atoms with van der Waals surface area (Å²) in [4.78, 5) is 56.0. The number of ether oxygens (including phenoxy) is 4. The predicted molar refractivity (Wildman–Crippen MR) is 393 cm³/mol. The van der Waals surface area contributed by atoms with Crippen LogP contribution in [-0.4, -0.2) is 116 Å². The molecule has 4 aliphatic heterocycles. The molecule has 4 saturated heterocycles. The van der Waals surface area contributed by atoms with Crippen molar-refractivity contribution in [2.75, 3.05) is 27.3 Å². The number of piperidine rings is 4. The molecule has 0 atom stereocenters. The predicted octanol–water partition coefficient (Wildman–Crippen LogP) is 17.6. The van der Waals surface area contributed by atoms with E-state index in [9.17, 15) is 29.4 Å². The number of benzene rings is 2. The van der Waals surface area contributed by atoms with Crippen LogP contribution < -0.4 is 10.6 Å². The van der Waals surface area contributed by atoms with Gasteiger partial charge in [-0.25, -0.2) is 0 Å². The van der Waals surface area contributed by atoms with E-state index in [1.807, 2.05) is 107 Å². The topological polar surface area (TPSA) is 176 Å². The molecule has 0 aliphatic carbocycles. The summed E-state index contributed by atoms with van der Waals surface area (Å²) in [5, 5.41) is 29.7. The van der Waals surface area contributed by atoms with Gasteiger partial charge in [0.25, 0.3) is 0 Å². The molecule has 2 aromatic carbocycles. The van der Waals surface area contributed by atoms with Gasteiger partial charge in [-0.1, -0.05) is 83.1 Å². The minimum atomic E-state index is -0.603. The fourth-order valence-electron chi connectivity index (χ4n) is 18.2. The van der Waals surface area contributed by atoms with E-state index in [0.29, 0.717) is 48.7 Å². The molecule has 4 N–H and O–H groups in total. The lowest BCUT2D eigenvalue weighted by atomic mass is 9.60. The first-order valence-electron chi connectivity index (χ1n) is 36.7. The first-order valence-corrected chi connectivity index (χ1v) is 36.7. The normalized spacial score (nSPS) is 21.7. The number of nitrogens with one attached hydrogen (secondary N) is 2. The van der Waals surface area contributed by atoms with E-state index in [1.165, 1.54) is 0 Å². The molecule has 0 bridgehead atoms. The molecule has 4 aliphatic rings. The Kier molecular flexibility index (Phi) is 25.9. The third-order valence-electron chi connectivity index (χ3n) is 22.4. The lowest BCUT2D eigenvalue weighted by Crippen LogP contribution is -2.62. The Morgan fingerprint density at radius 3 is 0.854 bits per heavy atom. The number of nitrogens with zero attached hydrogens (tertiary/aromatic N) is 2. The molecule has 6 rings (SSSR count). The maximum Gasteiger partial charge on any atom is 0.317 e. The average Bonchev–Trinajstić information content (AvgIpc) is 0.767. The molecule has 0 radical (unpaired) electrons. The molecule has 14 heteroatoms. The zero-order valence-electron chi connectivity index (χ0n) is 66.6. The maximum absolute atomic E-state index is 12.8. The highest BCUT2D eigenvalue weighted by Crippen LogP contribution is 2.53. The first kappa shape index (κ1) is 82.4. The quantitative estimate of drug-likeness (QED) is 0.0426. The molecular weight excluding hydrogens is 1200 g/mol. The van der Waals surface area contributed by atoms with Crippen LogP contribution in [0.2, 0.25) is 0 Å². The van der Waals surface area contributed by atoms with Crippen LogP contribution in [0.25, 0.3) is 0 Å². The van der Waals surface area contributed by atoms with Crippen molar-refractivity contribution in [3.8, 4) is 11.5 Å². The van der Waals surface area contributed by atoms with Gasteiger partial charge in [0.05, 0.1) is 13.2 Å². The van der Waals surface area contributed by atoms with E-state index in [-0.39, 0.29) is 90.7 Å². The molecular formula is C82H140N4O10. The average molecular weight is 1340 g/mol. The van der Waals surface area contributed by atoms with Gasteiger partial charge in [-0.3, -0.25) is 29.0 Å². The minimum Gasteiger partial charge on any atom is -0.507 e. The fraction of sp³-hybridized carbons (Fsp3) is 0.805. The molecule has 0 unspecified atom stereocenters. The van der Waals surface area contributed by atoms with Crippen LogP contribution >= 0.6 is 0 Å². The number of hydrogen-bond donors (Lipinski definition) is 4. The third-order valence-corrected chi connectivity index (χ3v) is 22.4.